The third-order valence-electron chi connectivity index (χ3n) is 3.80. The van der Waals surface area contributed by atoms with Gasteiger partial charge in [0, 0.05) is 17.8 Å². The summed E-state index contributed by atoms with van der Waals surface area (Å²) >= 11 is 0. The van der Waals surface area contributed by atoms with Crippen LogP contribution >= 0.6 is 0 Å². The van der Waals surface area contributed by atoms with Crippen LogP contribution in [-0.2, 0) is 6.42 Å². The predicted molar refractivity (Wildman–Crippen MR) is 80.1 cm³/mol. The first-order valence-electron chi connectivity index (χ1n) is 6.72. The molecule has 2 heteroatoms. The molecule has 0 amide bonds. The Bertz CT molecular complexity index is 631. The van der Waals surface area contributed by atoms with E-state index in [9.17, 15) is 0 Å². The largest absolute Gasteiger partial charge is 0.496 e. The number of benzene rings is 2. The van der Waals surface area contributed by atoms with Gasteiger partial charge >= 0.3 is 0 Å². The Balaban J connectivity index is 2.26. The summed E-state index contributed by atoms with van der Waals surface area (Å²) in [6.07, 6.45) is 1.09. The van der Waals surface area contributed by atoms with Gasteiger partial charge in [-0.2, -0.15) is 0 Å². The minimum Gasteiger partial charge on any atom is -0.496 e. The van der Waals surface area contributed by atoms with Gasteiger partial charge in [-0.25, -0.2) is 0 Å². The number of fused-ring (bicyclic) bond motifs is 1. The summed E-state index contributed by atoms with van der Waals surface area (Å²) in [5.74, 6) is 0.970. The van der Waals surface area contributed by atoms with Crippen LogP contribution < -0.4 is 10.1 Å². The van der Waals surface area contributed by atoms with E-state index >= 15 is 0 Å². The number of methoxy groups -OCH3 is 1. The van der Waals surface area contributed by atoms with Crippen LogP contribution in [0.15, 0.2) is 30.3 Å². The molecule has 19 heavy (non-hydrogen) atoms. The van der Waals surface area contributed by atoms with Gasteiger partial charge in [-0.05, 0) is 54.7 Å². The zero-order valence-electron chi connectivity index (χ0n) is 11.7. The highest BCUT2D eigenvalue weighted by Gasteiger charge is 2.18. The molecule has 2 aromatic carbocycles. The SMILES string of the molecule is COc1cc(C)cc(C)c1-c1cccc2c1CCN2. The van der Waals surface area contributed by atoms with E-state index in [-0.39, 0.29) is 0 Å². The number of ether oxygens (including phenoxy) is 1. The van der Waals surface area contributed by atoms with E-state index in [4.69, 9.17) is 4.74 Å². The fourth-order valence-corrected chi connectivity index (χ4v) is 3.01. The van der Waals surface area contributed by atoms with E-state index in [2.05, 4.69) is 49.5 Å². The minimum absolute atomic E-state index is 0.970. The van der Waals surface area contributed by atoms with Gasteiger partial charge in [0.25, 0.3) is 0 Å². The monoisotopic (exact) mass is 253 g/mol. The second-order valence-electron chi connectivity index (χ2n) is 5.17. The van der Waals surface area contributed by atoms with Gasteiger partial charge in [-0.3, -0.25) is 0 Å². The quantitative estimate of drug-likeness (QED) is 0.875. The van der Waals surface area contributed by atoms with Crippen molar-refractivity contribution in [1.82, 2.24) is 0 Å². The Morgan fingerprint density at radius 1 is 1.16 bits per heavy atom. The standard InChI is InChI=1S/C17H19NO/c1-11-9-12(2)17(16(10-11)19-3)14-5-4-6-15-13(14)7-8-18-15/h4-6,9-10,18H,7-8H2,1-3H3. The van der Waals surface area contributed by atoms with Crippen LogP contribution in [-0.4, -0.2) is 13.7 Å². The fourth-order valence-electron chi connectivity index (χ4n) is 3.01. The molecule has 0 aromatic heterocycles. The van der Waals surface area contributed by atoms with Crippen LogP contribution in [0.1, 0.15) is 16.7 Å². The molecule has 0 aliphatic carbocycles. The molecule has 2 aromatic rings. The van der Waals surface area contributed by atoms with Crippen molar-refractivity contribution in [3.05, 3.63) is 47.0 Å². The summed E-state index contributed by atoms with van der Waals surface area (Å²) in [5, 5.41) is 3.44. The number of hydrogen-bond acceptors (Lipinski definition) is 2. The predicted octanol–water partition coefficient (Wildman–Crippen LogP) is 3.95. The summed E-state index contributed by atoms with van der Waals surface area (Å²) in [7, 11) is 1.75. The van der Waals surface area contributed by atoms with Crippen LogP contribution in [0.4, 0.5) is 5.69 Å². The van der Waals surface area contributed by atoms with E-state index in [0.29, 0.717) is 0 Å². The second-order valence-corrected chi connectivity index (χ2v) is 5.17. The molecule has 0 spiro atoms. The maximum absolute atomic E-state index is 5.60. The van der Waals surface area contributed by atoms with Gasteiger partial charge < -0.3 is 10.1 Å². The fraction of sp³-hybridized carbons (Fsp3) is 0.294. The van der Waals surface area contributed by atoms with Crippen molar-refractivity contribution < 1.29 is 4.74 Å². The molecule has 0 radical (unpaired) electrons. The molecular formula is C17H19NO. The summed E-state index contributed by atoms with van der Waals surface area (Å²) in [4.78, 5) is 0. The lowest BCUT2D eigenvalue weighted by Crippen LogP contribution is -1.95. The molecule has 0 saturated carbocycles. The molecule has 1 aliphatic rings. The molecule has 0 bridgehead atoms. The molecule has 98 valence electrons. The molecule has 2 nitrogen and oxygen atoms in total. The van der Waals surface area contributed by atoms with Gasteiger partial charge in [0.15, 0.2) is 0 Å². The van der Waals surface area contributed by atoms with Gasteiger partial charge in [0.05, 0.1) is 7.11 Å². The lowest BCUT2D eigenvalue weighted by molar-refractivity contribution is 0.416. The Kier molecular flexibility index (Phi) is 2.94. The van der Waals surface area contributed by atoms with Crippen LogP contribution in [0.25, 0.3) is 11.1 Å². The lowest BCUT2D eigenvalue weighted by Gasteiger charge is -2.16. The Morgan fingerprint density at radius 2 is 2.00 bits per heavy atom. The molecule has 1 heterocycles. The van der Waals surface area contributed by atoms with Crippen molar-refractivity contribution in [1.29, 1.82) is 0 Å². The summed E-state index contributed by atoms with van der Waals surface area (Å²) in [6.45, 7) is 5.29. The average molecular weight is 253 g/mol. The van der Waals surface area contributed by atoms with Crippen molar-refractivity contribution in [3.8, 4) is 16.9 Å². The maximum Gasteiger partial charge on any atom is 0.127 e. The van der Waals surface area contributed by atoms with Crippen LogP contribution in [0.3, 0.4) is 0 Å². The normalized spacial score (nSPS) is 13.0. The van der Waals surface area contributed by atoms with Crippen LogP contribution in [0, 0.1) is 13.8 Å². The van der Waals surface area contributed by atoms with Crippen molar-refractivity contribution in [2.24, 2.45) is 0 Å². The zero-order chi connectivity index (χ0) is 13.4. The molecule has 1 N–H and O–H groups in total. The molecule has 0 fully saturated rings. The number of aryl methyl sites for hydroxylation is 2. The zero-order valence-corrected chi connectivity index (χ0v) is 11.7. The average Bonchev–Trinajstić information content (AvgIpc) is 2.86. The van der Waals surface area contributed by atoms with Crippen molar-refractivity contribution in [2.45, 2.75) is 20.3 Å². The molecular weight excluding hydrogens is 234 g/mol. The van der Waals surface area contributed by atoms with Crippen molar-refractivity contribution in [2.75, 3.05) is 19.0 Å². The van der Waals surface area contributed by atoms with E-state index in [1.165, 1.54) is 33.5 Å². The van der Waals surface area contributed by atoms with Crippen LogP contribution in [0.2, 0.25) is 0 Å². The van der Waals surface area contributed by atoms with Crippen molar-refractivity contribution in [3.63, 3.8) is 0 Å². The number of anilines is 1. The summed E-state index contributed by atoms with van der Waals surface area (Å²) in [6, 6.07) is 10.8. The first-order chi connectivity index (χ1) is 9.20. The van der Waals surface area contributed by atoms with Crippen LogP contribution in [0.5, 0.6) is 5.75 Å². The number of nitrogens with one attached hydrogen (secondary N) is 1. The Morgan fingerprint density at radius 3 is 2.79 bits per heavy atom. The van der Waals surface area contributed by atoms with E-state index in [1.54, 1.807) is 7.11 Å². The molecule has 1 aliphatic heterocycles. The number of hydrogen-bond donors (Lipinski definition) is 1. The van der Waals surface area contributed by atoms with Crippen molar-refractivity contribution >= 4 is 5.69 Å². The molecule has 0 saturated heterocycles. The van der Waals surface area contributed by atoms with Gasteiger partial charge in [0.1, 0.15) is 5.75 Å². The second kappa shape index (κ2) is 4.61. The third-order valence-corrected chi connectivity index (χ3v) is 3.80. The first kappa shape index (κ1) is 12.1. The number of rotatable bonds is 2. The van der Waals surface area contributed by atoms with E-state index < -0.39 is 0 Å². The van der Waals surface area contributed by atoms with Gasteiger partial charge in [-0.15, -0.1) is 0 Å². The van der Waals surface area contributed by atoms with E-state index in [0.717, 1.165) is 18.7 Å². The van der Waals surface area contributed by atoms with Gasteiger partial charge in [0.2, 0.25) is 0 Å². The Labute approximate surface area is 114 Å². The van der Waals surface area contributed by atoms with Gasteiger partial charge in [-0.1, -0.05) is 18.2 Å². The summed E-state index contributed by atoms with van der Waals surface area (Å²) in [5.41, 5.74) is 7.72. The Hall–Kier alpha value is -1.96. The highest BCUT2D eigenvalue weighted by Crippen LogP contribution is 2.40. The highest BCUT2D eigenvalue weighted by atomic mass is 16.5. The molecule has 3 rings (SSSR count). The maximum atomic E-state index is 5.60. The lowest BCUT2D eigenvalue weighted by atomic mass is 9.92. The topological polar surface area (TPSA) is 21.3 Å². The smallest absolute Gasteiger partial charge is 0.127 e. The van der Waals surface area contributed by atoms with E-state index in [1.807, 2.05) is 0 Å². The minimum atomic E-state index is 0.970. The third kappa shape index (κ3) is 1.97. The first-order valence-corrected chi connectivity index (χ1v) is 6.72. The summed E-state index contributed by atoms with van der Waals surface area (Å²) < 4.78 is 5.60. The molecule has 0 unspecified atom stereocenters. The molecule has 0 atom stereocenters. The highest BCUT2D eigenvalue weighted by molar-refractivity contribution is 5.81.